The summed E-state index contributed by atoms with van der Waals surface area (Å²) in [7, 11) is 0. The summed E-state index contributed by atoms with van der Waals surface area (Å²) >= 11 is 0. The first-order valence-electron chi connectivity index (χ1n) is 25.4. The van der Waals surface area contributed by atoms with Crippen LogP contribution in [0, 0.1) is 17.8 Å². The number of nitrogens with two attached hydrogens (primary N) is 1. The highest BCUT2D eigenvalue weighted by Crippen LogP contribution is 2.49. The predicted molar refractivity (Wildman–Crippen MR) is 278 cm³/mol. The molecule has 0 saturated carbocycles. The van der Waals surface area contributed by atoms with E-state index >= 15 is 0 Å². The van der Waals surface area contributed by atoms with Crippen molar-refractivity contribution in [3.8, 4) is 0 Å². The van der Waals surface area contributed by atoms with Gasteiger partial charge >= 0.3 is 22.8 Å². The van der Waals surface area contributed by atoms with Gasteiger partial charge < -0.3 is 45.1 Å². The molecule has 0 amide bonds. The van der Waals surface area contributed by atoms with Gasteiger partial charge in [-0.2, -0.15) is 4.98 Å². The van der Waals surface area contributed by atoms with Crippen molar-refractivity contribution in [1.82, 2.24) is 38.2 Å². The van der Waals surface area contributed by atoms with Crippen LogP contribution in [0.1, 0.15) is 106 Å². The number of aromatic nitrogens is 8. The highest BCUT2D eigenvalue weighted by Gasteiger charge is 2.58. The number of aliphatic hydroxyl groups excluding tert-OH is 4. The zero-order chi connectivity index (χ0) is 59.4. The molecule has 8 heterocycles. The number of aromatic amines is 3. The number of hydrogen-bond donors (Lipinski definition) is 8. The van der Waals surface area contributed by atoms with E-state index in [4.69, 9.17) is 24.7 Å². The molecule has 4 aliphatic rings. The quantitative estimate of drug-likeness (QED) is 0.0741. The Morgan fingerprint density at radius 2 is 1.03 bits per heavy atom. The molecule has 0 aromatic carbocycles. The Morgan fingerprint density at radius 1 is 0.620 bits per heavy atom. The number of hydrogen-bond acceptors (Lipinski definition) is 17. The molecule has 8 rings (SSSR count). The van der Waals surface area contributed by atoms with Gasteiger partial charge in [-0.3, -0.25) is 47.6 Å². The maximum atomic E-state index is 14.6. The fourth-order valence-corrected chi connectivity index (χ4v) is 10.6. The lowest BCUT2D eigenvalue weighted by Crippen LogP contribution is -2.46. The SMILES string of the molecule is C=C(C)[C@]1(CC)O[C@@H](n2ccc(=O)[nH]c2=O)[C@H](F)[C@@H]1C.C=C(C)[C@]1(CO)O[C@@H](n2ccc(N)nc2=O)[C@H](F)[C@@H]1O.CC[C@@]1(C(C)O)O[C@@H](n2ccc(=O)[nH]c2=O)[C@H](F)[C@@H]1C.CC[C@@]1(CO)O[C@@H](n2ccc(=O)[nH]c2=O)[C@H](F)[C@@H]1C. The number of anilines is 1. The second kappa shape index (κ2) is 24.9. The average molecular weight is 1130 g/mol. The Morgan fingerprint density at radius 3 is 1.35 bits per heavy atom. The van der Waals surface area contributed by atoms with Crippen molar-refractivity contribution in [1.29, 1.82) is 0 Å². The number of rotatable bonds is 12. The van der Waals surface area contributed by atoms with Gasteiger partial charge in [0.15, 0.2) is 49.6 Å². The summed E-state index contributed by atoms with van der Waals surface area (Å²) in [5.74, 6) is -1.55. The van der Waals surface area contributed by atoms with E-state index in [0.29, 0.717) is 19.3 Å². The Labute approximate surface area is 448 Å². The second-order valence-corrected chi connectivity index (χ2v) is 20.1. The van der Waals surface area contributed by atoms with Crippen LogP contribution >= 0.6 is 0 Å². The lowest BCUT2D eigenvalue weighted by molar-refractivity contribution is -0.146. The number of alkyl halides is 4. The van der Waals surface area contributed by atoms with Crippen molar-refractivity contribution >= 4 is 5.82 Å². The minimum atomic E-state index is -1.91. The Bertz CT molecular complexity index is 3230. The summed E-state index contributed by atoms with van der Waals surface area (Å²) in [5.41, 5.74) is -2.69. The van der Waals surface area contributed by atoms with Crippen LogP contribution in [0.2, 0.25) is 0 Å². The zero-order valence-corrected chi connectivity index (χ0v) is 45.2. The number of nitrogen functional groups attached to an aromatic ring is 1. The number of ether oxygens (including phenoxy) is 4. The average Bonchev–Trinajstić information content (AvgIpc) is 4.06. The molecular weight excluding hydrogens is 1050 g/mol. The summed E-state index contributed by atoms with van der Waals surface area (Å²) in [4.78, 5) is 89.7. The molecule has 4 fully saturated rings. The molecule has 4 aromatic rings. The molecule has 4 saturated heterocycles. The molecule has 79 heavy (non-hydrogen) atoms. The van der Waals surface area contributed by atoms with E-state index < -0.39 is 148 Å². The van der Waals surface area contributed by atoms with Gasteiger partial charge in [0, 0.05) is 60.7 Å². The zero-order valence-electron chi connectivity index (χ0n) is 45.2. The van der Waals surface area contributed by atoms with Gasteiger partial charge in [0.05, 0.1) is 30.5 Å². The minimum Gasteiger partial charge on any atom is -0.393 e. The van der Waals surface area contributed by atoms with Crippen LogP contribution in [-0.4, -0.2) is 131 Å². The molecule has 0 radical (unpaired) electrons. The molecule has 4 aromatic heterocycles. The van der Waals surface area contributed by atoms with E-state index in [1.54, 1.807) is 48.5 Å². The van der Waals surface area contributed by atoms with Gasteiger partial charge in [0.25, 0.3) is 16.7 Å². The molecule has 0 aliphatic carbocycles. The number of halogens is 4. The van der Waals surface area contributed by atoms with Crippen molar-refractivity contribution in [2.24, 2.45) is 17.8 Å². The van der Waals surface area contributed by atoms with E-state index in [-0.39, 0.29) is 18.0 Å². The first kappa shape index (κ1) is 63.4. The molecule has 1 unspecified atom stereocenters. The van der Waals surface area contributed by atoms with Crippen LogP contribution in [0.25, 0.3) is 0 Å². The monoisotopic (exact) mass is 1130 g/mol. The third-order valence-electron chi connectivity index (χ3n) is 15.8. The summed E-state index contributed by atoms with van der Waals surface area (Å²) in [6.45, 7) is 21.9. The third-order valence-corrected chi connectivity index (χ3v) is 15.8. The van der Waals surface area contributed by atoms with Crippen molar-refractivity contribution in [3.63, 3.8) is 0 Å². The molecule has 17 atom stereocenters. The first-order chi connectivity index (χ1) is 36.9. The number of H-pyrrole nitrogens is 3. The van der Waals surface area contributed by atoms with Crippen LogP contribution in [0.5, 0.6) is 0 Å². The third kappa shape index (κ3) is 11.9. The summed E-state index contributed by atoms with van der Waals surface area (Å²) in [6, 6.07) is 4.75. The van der Waals surface area contributed by atoms with Crippen LogP contribution in [-0.2, 0) is 18.9 Å². The molecule has 4 aliphatic heterocycles. The number of aliphatic hydroxyl groups is 4. The summed E-state index contributed by atoms with van der Waals surface area (Å²) < 4.78 is 84.2. The van der Waals surface area contributed by atoms with Gasteiger partial charge in [-0.15, -0.1) is 0 Å². The fourth-order valence-electron chi connectivity index (χ4n) is 10.6. The predicted octanol–water partition coefficient (Wildman–Crippen LogP) is 1.87. The van der Waals surface area contributed by atoms with E-state index in [9.17, 15) is 71.5 Å². The number of nitrogens with one attached hydrogen (secondary N) is 3. The summed E-state index contributed by atoms with van der Waals surface area (Å²) in [6.07, 6.45) is -7.09. The standard InChI is InChI=1S/C14H19FN2O3.C13H19FN2O4.C12H16FN3O4.C12H17FN2O4/c1-5-14(8(2)3)9(4)11(15)12(20-14)17-7-6-10(18)16-13(17)19;1-4-13(8(3)17)7(2)10(14)11(20-13)16-6-5-9(18)15-12(16)19;1-6(2)12(5-17)9(18)8(13)10(20-12)16-4-3-7(14)15-11(16)19;1-3-12(6-16)7(2)9(13)10(19-12)15-5-4-8(17)14-11(15)18/h6-7,9,11-12H,2,5H2,1,3-4H3,(H,16,18,19);5-8,10-11,17H,4H2,1-3H3,(H,15,18,19);3-4,8-10,17-18H,1,5H2,2H3,(H2,14,15,19);4-5,7,9-10,16H,3,6H2,1-2H3,(H,14,17,18)/t9-,11+,12+,14-;7-,8?,10+,11+,13+;8-,9+,10-,12+;7-,9+,10+,12-/m0010/s1. The largest absolute Gasteiger partial charge is 0.393 e. The van der Waals surface area contributed by atoms with Gasteiger partial charge in [-0.25, -0.2) is 36.7 Å². The maximum Gasteiger partial charge on any atom is 0.351 e. The minimum absolute atomic E-state index is 0.00599. The van der Waals surface area contributed by atoms with Gasteiger partial charge in [0.1, 0.15) is 23.1 Å². The van der Waals surface area contributed by atoms with E-state index in [1.807, 2.05) is 6.92 Å². The highest BCUT2D eigenvalue weighted by molar-refractivity contribution is 5.25. The fraction of sp³-hybridized carbons (Fsp3) is 0.608. The van der Waals surface area contributed by atoms with Crippen molar-refractivity contribution in [2.75, 3.05) is 18.9 Å². The molecule has 0 spiro atoms. The highest BCUT2D eigenvalue weighted by atomic mass is 19.1. The topological polar surface area (TPSA) is 343 Å². The van der Waals surface area contributed by atoms with Crippen molar-refractivity contribution in [3.05, 3.63) is 146 Å². The van der Waals surface area contributed by atoms with Crippen LogP contribution < -0.4 is 45.2 Å². The number of nitrogens with zero attached hydrogens (tertiary/aromatic N) is 5. The van der Waals surface area contributed by atoms with E-state index in [0.717, 1.165) is 36.0 Å². The Kier molecular flexibility index (Phi) is 20.0. The van der Waals surface area contributed by atoms with E-state index in [2.05, 4.69) is 33.1 Å². The Balaban J connectivity index is 0.000000194. The molecule has 28 heteroatoms. The molecular formula is C51H71F4N9O15. The summed E-state index contributed by atoms with van der Waals surface area (Å²) in [5, 5.41) is 38.8. The van der Waals surface area contributed by atoms with Crippen LogP contribution in [0.15, 0.2) is 107 Å². The van der Waals surface area contributed by atoms with Gasteiger partial charge in [-0.05, 0) is 57.2 Å². The Hall–Kier alpha value is -6.40. The molecule has 0 bridgehead atoms. The van der Waals surface area contributed by atoms with Crippen molar-refractivity contribution in [2.45, 2.75) is 166 Å². The second-order valence-electron chi connectivity index (χ2n) is 20.1. The first-order valence-corrected chi connectivity index (χ1v) is 25.4. The molecule has 24 nitrogen and oxygen atoms in total. The van der Waals surface area contributed by atoms with Crippen LogP contribution in [0.3, 0.4) is 0 Å². The molecule has 9 N–H and O–H groups in total. The van der Waals surface area contributed by atoms with Crippen LogP contribution in [0.4, 0.5) is 23.4 Å². The normalized spacial score (nSPS) is 34.1. The lowest BCUT2D eigenvalue weighted by atomic mass is 9.80. The lowest BCUT2D eigenvalue weighted by Gasteiger charge is -2.34. The van der Waals surface area contributed by atoms with Gasteiger partial charge in [0.2, 0.25) is 0 Å². The van der Waals surface area contributed by atoms with Crippen molar-refractivity contribution < 1.29 is 56.9 Å². The molecule has 438 valence electrons. The van der Waals surface area contributed by atoms with E-state index in [1.165, 1.54) is 43.8 Å². The smallest absolute Gasteiger partial charge is 0.351 e. The van der Waals surface area contributed by atoms with Gasteiger partial charge in [-0.1, -0.05) is 54.7 Å². The maximum absolute atomic E-state index is 14.6.